The van der Waals surface area contributed by atoms with Crippen LogP contribution in [0.2, 0.25) is 0 Å². The molecule has 106 valence electrons. The van der Waals surface area contributed by atoms with Gasteiger partial charge in [-0.2, -0.15) is 5.26 Å². The number of primary amides is 1. The molecule has 0 bridgehead atoms. The van der Waals surface area contributed by atoms with Gasteiger partial charge in [0.2, 0.25) is 11.8 Å². The van der Waals surface area contributed by atoms with Crippen molar-refractivity contribution in [2.24, 2.45) is 11.1 Å². The molecule has 1 fully saturated rings. The standard InChI is InChI=1S/C14H23N3O2/c1-3-7-14(10-15,8-4-2)13(19)17-9-5-6-11(17)12(16)18/h11H,3-9H2,1-2H3,(H2,16,18). The van der Waals surface area contributed by atoms with E-state index in [4.69, 9.17) is 5.73 Å². The number of nitriles is 1. The zero-order chi connectivity index (χ0) is 14.5. The van der Waals surface area contributed by atoms with Crippen molar-refractivity contribution in [2.45, 2.75) is 58.4 Å². The Kier molecular flexibility index (Phi) is 5.34. The normalized spacial score (nSPS) is 19.2. The lowest BCUT2D eigenvalue weighted by Gasteiger charge is -2.32. The van der Waals surface area contributed by atoms with Crippen LogP contribution in [-0.4, -0.2) is 29.3 Å². The highest BCUT2D eigenvalue weighted by atomic mass is 16.2. The van der Waals surface area contributed by atoms with E-state index in [1.165, 1.54) is 4.90 Å². The minimum absolute atomic E-state index is 0.208. The van der Waals surface area contributed by atoms with E-state index in [0.29, 0.717) is 25.8 Å². The SMILES string of the molecule is CCCC(C#N)(CCC)C(=O)N1CCCC1C(N)=O. The van der Waals surface area contributed by atoms with Gasteiger partial charge in [-0.15, -0.1) is 0 Å². The Labute approximate surface area is 114 Å². The summed E-state index contributed by atoms with van der Waals surface area (Å²) in [6, 6.07) is 1.68. The van der Waals surface area contributed by atoms with Crippen molar-refractivity contribution in [3.8, 4) is 6.07 Å². The lowest BCUT2D eigenvalue weighted by Crippen LogP contribution is -2.50. The molecule has 0 aliphatic carbocycles. The van der Waals surface area contributed by atoms with E-state index in [1.807, 2.05) is 13.8 Å². The molecule has 5 nitrogen and oxygen atoms in total. The minimum atomic E-state index is -0.985. The number of carbonyl (C=O) groups is 2. The third-order valence-electron chi connectivity index (χ3n) is 3.82. The predicted octanol–water partition coefficient (Wildman–Crippen LogP) is 1.57. The number of hydrogen-bond acceptors (Lipinski definition) is 3. The third-order valence-corrected chi connectivity index (χ3v) is 3.82. The Morgan fingerprint density at radius 2 is 1.95 bits per heavy atom. The van der Waals surface area contributed by atoms with Crippen molar-refractivity contribution in [3.63, 3.8) is 0 Å². The fourth-order valence-corrected chi connectivity index (χ4v) is 2.93. The quantitative estimate of drug-likeness (QED) is 0.790. The topological polar surface area (TPSA) is 87.2 Å². The zero-order valence-corrected chi connectivity index (χ0v) is 11.8. The monoisotopic (exact) mass is 265 g/mol. The van der Waals surface area contributed by atoms with Crippen LogP contribution in [0.3, 0.4) is 0 Å². The second kappa shape index (κ2) is 6.55. The first-order valence-corrected chi connectivity index (χ1v) is 7.04. The van der Waals surface area contributed by atoms with Gasteiger partial charge in [0.05, 0.1) is 6.07 Å². The van der Waals surface area contributed by atoms with Gasteiger partial charge in [0.1, 0.15) is 11.5 Å². The summed E-state index contributed by atoms with van der Waals surface area (Å²) in [6.45, 7) is 4.46. The summed E-state index contributed by atoms with van der Waals surface area (Å²) in [6.07, 6.45) is 4.01. The van der Waals surface area contributed by atoms with Crippen LogP contribution in [0.25, 0.3) is 0 Å². The molecule has 2 amide bonds. The maximum atomic E-state index is 12.7. The molecule has 1 rings (SSSR count). The number of carbonyl (C=O) groups excluding carboxylic acids is 2. The van der Waals surface area contributed by atoms with Gasteiger partial charge in [0, 0.05) is 6.54 Å². The number of rotatable bonds is 6. The van der Waals surface area contributed by atoms with Gasteiger partial charge in [-0.25, -0.2) is 0 Å². The van der Waals surface area contributed by atoms with Gasteiger partial charge < -0.3 is 10.6 Å². The fourth-order valence-electron chi connectivity index (χ4n) is 2.93. The Bertz CT molecular complexity index is 381. The molecular weight excluding hydrogens is 242 g/mol. The van der Waals surface area contributed by atoms with Crippen LogP contribution in [0, 0.1) is 16.7 Å². The van der Waals surface area contributed by atoms with E-state index < -0.39 is 17.4 Å². The molecule has 0 aromatic carbocycles. The molecule has 0 aromatic heterocycles. The molecule has 1 heterocycles. The number of likely N-dealkylation sites (tertiary alicyclic amines) is 1. The minimum Gasteiger partial charge on any atom is -0.368 e. The summed E-state index contributed by atoms with van der Waals surface area (Å²) in [5.41, 5.74) is 4.36. The Hall–Kier alpha value is -1.57. The van der Waals surface area contributed by atoms with Crippen LogP contribution in [0.5, 0.6) is 0 Å². The first-order chi connectivity index (χ1) is 9.02. The summed E-state index contributed by atoms with van der Waals surface area (Å²) in [5, 5.41) is 9.48. The van der Waals surface area contributed by atoms with Crippen LogP contribution >= 0.6 is 0 Å². The second-order valence-electron chi connectivity index (χ2n) is 5.25. The Morgan fingerprint density at radius 3 is 2.37 bits per heavy atom. The maximum absolute atomic E-state index is 12.7. The van der Waals surface area contributed by atoms with E-state index in [9.17, 15) is 14.9 Å². The number of nitrogens with zero attached hydrogens (tertiary/aromatic N) is 2. The van der Waals surface area contributed by atoms with Crippen LogP contribution < -0.4 is 5.73 Å². The average Bonchev–Trinajstić information content (AvgIpc) is 2.86. The molecule has 0 aromatic rings. The van der Waals surface area contributed by atoms with Crippen LogP contribution in [0.15, 0.2) is 0 Å². The molecule has 19 heavy (non-hydrogen) atoms. The summed E-state index contributed by atoms with van der Waals surface area (Å²) in [7, 11) is 0. The van der Waals surface area contributed by atoms with Crippen molar-refractivity contribution in [1.82, 2.24) is 4.90 Å². The summed E-state index contributed by atoms with van der Waals surface area (Å²) in [5.74, 6) is -0.675. The van der Waals surface area contributed by atoms with Gasteiger partial charge in [0.25, 0.3) is 0 Å². The largest absolute Gasteiger partial charge is 0.368 e. The molecule has 1 saturated heterocycles. The molecule has 5 heteroatoms. The number of nitrogens with two attached hydrogens (primary N) is 1. The molecule has 0 radical (unpaired) electrons. The van der Waals surface area contributed by atoms with E-state index >= 15 is 0 Å². The Balaban J connectivity index is 2.99. The average molecular weight is 265 g/mol. The highest BCUT2D eigenvalue weighted by molar-refractivity contribution is 5.91. The number of hydrogen-bond donors (Lipinski definition) is 1. The molecule has 1 aliphatic rings. The smallest absolute Gasteiger partial charge is 0.243 e. The molecule has 1 aliphatic heterocycles. The molecular formula is C14H23N3O2. The number of amides is 2. The zero-order valence-electron chi connectivity index (χ0n) is 11.8. The van der Waals surface area contributed by atoms with E-state index in [0.717, 1.165) is 19.3 Å². The lowest BCUT2D eigenvalue weighted by atomic mass is 9.79. The van der Waals surface area contributed by atoms with E-state index in [1.54, 1.807) is 0 Å². The van der Waals surface area contributed by atoms with Crippen LogP contribution in [-0.2, 0) is 9.59 Å². The van der Waals surface area contributed by atoms with Crippen molar-refractivity contribution in [2.75, 3.05) is 6.54 Å². The van der Waals surface area contributed by atoms with Crippen molar-refractivity contribution in [3.05, 3.63) is 0 Å². The van der Waals surface area contributed by atoms with Crippen LogP contribution in [0.1, 0.15) is 52.4 Å². The van der Waals surface area contributed by atoms with Crippen molar-refractivity contribution >= 4 is 11.8 Å². The fraction of sp³-hybridized carbons (Fsp3) is 0.786. The van der Waals surface area contributed by atoms with Crippen LogP contribution in [0.4, 0.5) is 0 Å². The maximum Gasteiger partial charge on any atom is 0.243 e. The van der Waals surface area contributed by atoms with Gasteiger partial charge in [-0.1, -0.05) is 26.7 Å². The highest BCUT2D eigenvalue weighted by Crippen LogP contribution is 2.34. The van der Waals surface area contributed by atoms with Gasteiger partial charge in [-0.05, 0) is 25.7 Å². The molecule has 1 atom stereocenters. The first kappa shape index (κ1) is 15.5. The van der Waals surface area contributed by atoms with Gasteiger partial charge in [-0.3, -0.25) is 9.59 Å². The van der Waals surface area contributed by atoms with E-state index in [-0.39, 0.29) is 5.91 Å². The van der Waals surface area contributed by atoms with E-state index in [2.05, 4.69) is 6.07 Å². The predicted molar refractivity (Wildman–Crippen MR) is 71.8 cm³/mol. The van der Waals surface area contributed by atoms with Crippen molar-refractivity contribution in [1.29, 1.82) is 5.26 Å². The Morgan fingerprint density at radius 1 is 1.37 bits per heavy atom. The second-order valence-corrected chi connectivity index (χ2v) is 5.25. The van der Waals surface area contributed by atoms with Gasteiger partial charge in [0.15, 0.2) is 0 Å². The lowest BCUT2D eigenvalue weighted by molar-refractivity contribution is -0.144. The first-order valence-electron chi connectivity index (χ1n) is 7.04. The highest BCUT2D eigenvalue weighted by Gasteiger charge is 2.44. The van der Waals surface area contributed by atoms with Crippen molar-refractivity contribution < 1.29 is 9.59 Å². The molecule has 0 spiro atoms. The van der Waals surface area contributed by atoms with Gasteiger partial charge >= 0.3 is 0 Å². The molecule has 0 saturated carbocycles. The molecule has 2 N–H and O–H groups in total. The summed E-state index contributed by atoms with van der Waals surface area (Å²) >= 11 is 0. The summed E-state index contributed by atoms with van der Waals surface area (Å²) in [4.78, 5) is 25.6. The molecule has 1 unspecified atom stereocenters. The third kappa shape index (κ3) is 3.06. The summed E-state index contributed by atoms with van der Waals surface area (Å²) < 4.78 is 0.